The number of benzene rings is 1. The molecule has 0 atom stereocenters. The Bertz CT molecular complexity index is 781. The topological polar surface area (TPSA) is 46.0 Å². The number of H-pyrrole nitrogens is 1. The van der Waals surface area contributed by atoms with Crippen molar-refractivity contribution in [2.75, 3.05) is 0 Å². The summed E-state index contributed by atoms with van der Waals surface area (Å²) in [6.45, 7) is 3.84. The van der Waals surface area contributed by atoms with E-state index in [4.69, 9.17) is 4.42 Å². The van der Waals surface area contributed by atoms with Gasteiger partial charge in [-0.15, -0.1) is 0 Å². The minimum absolute atomic E-state index is 0.0642. The lowest BCUT2D eigenvalue weighted by Crippen LogP contribution is -2.07. The SMILES string of the molecule is Cc1ccc2oc(-c3c[nH]c(=O)c(C)c3)cc2c1. The van der Waals surface area contributed by atoms with Crippen LogP contribution in [0.5, 0.6) is 0 Å². The van der Waals surface area contributed by atoms with E-state index in [1.807, 2.05) is 24.3 Å². The summed E-state index contributed by atoms with van der Waals surface area (Å²) in [4.78, 5) is 14.0. The van der Waals surface area contributed by atoms with Crippen LogP contribution in [0.15, 0.2) is 45.7 Å². The number of nitrogens with one attached hydrogen (secondary N) is 1. The van der Waals surface area contributed by atoms with E-state index in [0.29, 0.717) is 5.56 Å². The zero-order chi connectivity index (χ0) is 12.7. The predicted molar refractivity (Wildman–Crippen MR) is 71.7 cm³/mol. The van der Waals surface area contributed by atoms with E-state index in [1.165, 1.54) is 5.56 Å². The third-order valence-electron chi connectivity index (χ3n) is 3.05. The van der Waals surface area contributed by atoms with Gasteiger partial charge >= 0.3 is 0 Å². The molecule has 3 rings (SSSR count). The van der Waals surface area contributed by atoms with Crippen LogP contribution in [0.1, 0.15) is 11.1 Å². The Hall–Kier alpha value is -2.29. The molecule has 2 aromatic heterocycles. The molecule has 1 N–H and O–H groups in total. The number of aromatic amines is 1. The molecule has 0 amide bonds. The van der Waals surface area contributed by atoms with Gasteiger partial charge in [-0.2, -0.15) is 0 Å². The van der Waals surface area contributed by atoms with E-state index in [2.05, 4.69) is 18.0 Å². The van der Waals surface area contributed by atoms with Gasteiger partial charge in [-0.3, -0.25) is 4.79 Å². The van der Waals surface area contributed by atoms with Crippen LogP contribution in [0.3, 0.4) is 0 Å². The van der Waals surface area contributed by atoms with Gasteiger partial charge in [0.2, 0.25) is 0 Å². The molecule has 3 heteroatoms. The van der Waals surface area contributed by atoms with Crippen molar-refractivity contribution in [2.24, 2.45) is 0 Å². The summed E-state index contributed by atoms with van der Waals surface area (Å²) >= 11 is 0. The normalized spacial score (nSPS) is 11.0. The number of pyridine rings is 1. The second-order valence-electron chi connectivity index (χ2n) is 4.55. The van der Waals surface area contributed by atoms with Crippen molar-refractivity contribution in [1.82, 2.24) is 4.98 Å². The molecule has 0 bridgehead atoms. The third kappa shape index (κ3) is 1.74. The first-order valence-electron chi connectivity index (χ1n) is 5.83. The van der Waals surface area contributed by atoms with E-state index in [1.54, 1.807) is 13.1 Å². The Morgan fingerprint density at radius 3 is 2.72 bits per heavy atom. The van der Waals surface area contributed by atoms with Gasteiger partial charge in [-0.1, -0.05) is 11.6 Å². The molecule has 0 aliphatic rings. The second-order valence-corrected chi connectivity index (χ2v) is 4.55. The highest BCUT2D eigenvalue weighted by molar-refractivity contribution is 5.83. The third-order valence-corrected chi connectivity index (χ3v) is 3.05. The van der Waals surface area contributed by atoms with Crippen LogP contribution in [0.25, 0.3) is 22.3 Å². The lowest BCUT2D eigenvalue weighted by Gasteiger charge is -1.97. The zero-order valence-electron chi connectivity index (χ0n) is 10.3. The Balaban J connectivity index is 2.19. The molecule has 3 nitrogen and oxygen atoms in total. The summed E-state index contributed by atoms with van der Waals surface area (Å²) in [5, 5.41) is 1.08. The Labute approximate surface area is 104 Å². The van der Waals surface area contributed by atoms with Crippen LogP contribution in [0.2, 0.25) is 0 Å². The molecular weight excluding hydrogens is 226 g/mol. The van der Waals surface area contributed by atoms with Crippen molar-refractivity contribution >= 4 is 11.0 Å². The lowest BCUT2D eigenvalue weighted by atomic mass is 10.1. The van der Waals surface area contributed by atoms with Crippen LogP contribution >= 0.6 is 0 Å². The van der Waals surface area contributed by atoms with E-state index < -0.39 is 0 Å². The summed E-state index contributed by atoms with van der Waals surface area (Å²) in [5.74, 6) is 0.773. The van der Waals surface area contributed by atoms with Crippen molar-refractivity contribution in [1.29, 1.82) is 0 Å². The lowest BCUT2D eigenvalue weighted by molar-refractivity contribution is 0.631. The van der Waals surface area contributed by atoms with Crippen LogP contribution in [-0.2, 0) is 0 Å². The van der Waals surface area contributed by atoms with E-state index >= 15 is 0 Å². The number of hydrogen-bond donors (Lipinski definition) is 1. The van der Waals surface area contributed by atoms with Gasteiger partial charge in [0, 0.05) is 22.7 Å². The summed E-state index contributed by atoms with van der Waals surface area (Å²) < 4.78 is 5.78. The van der Waals surface area contributed by atoms with Gasteiger partial charge in [0.05, 0.1) is 0 Å². The fourth-order valence-electron chi connectivity index (χ4n) is 2.04. The van der Waals surface area contributed by atoms with Crippen LogP contribution in [0.4, 0.5) is 0 Å². The van der Waals surface area contributed by atoms with E-state index in [-0.39, 0.29) is 5.56 Å². The smallest absolute Gasteiger partial charge is 0.250 e. The largest absolute Gasteiger partial charge is 0.456 e. The Kier molecular flexibility index (Phi) is 2.33. The molecule has 0 aliphatic heterocycles. The summed E-state index contributed by atoms with van der Waals surface area (Å²) in [6, 6.07) is 9.90. The van der Waals surface area contributed by atoms with Gasteiger partial charge in [0.15, 0.2) is 0 Å². The molecular formula is C15H13NO2. The monoisotopic (exact) mass is 239 g/mol. The van der Waals surface area contributed by atoms with Gasteiger partial charge in [0.25, 0.3) is 5.56 Å². The minimum Gasteiger partial charge on any atom is -0.456 e. The molecule has 0 fully saturated rings. The quantitative estimate of drug-likeness (QED) is 0.707. The van der Waals surface area contributed by atoms with Gasteiger partial charge in [-0.25, -0.2) is 0 Å². The van der Waals surface area contributed by atoms with Crippen molar-refractivity contribution in [3.8, 4) is 11.3 Å². The fraction of sp³-hybridized carbons (Fsp3) is 0.133. The second kappa shape index (κ2) is 3.88. The average molecular weight is 239 g/mol. The van der Waals surface area contributed by atoms with Crippen molar-refractivity contribution in [2.45, 2.75) is 13.8 Å². The Morgan fingerprint density at radius 2 is 1.94 bits per heavy atom. The highest BCUT2D eigenvalue weighted by Gasteiger charge is 2.07. The molecule has 3 aromatic rings. The van der Waals surface area contributed by atoms with Crippen LogP contribution in [0, 0.1) is 13.8 Å². The van der Waals surface area contributed by atoms with Gasteiger partial charge in [0.1, 0.15) is 11.3 Å². The molecule has 90 valence electrons. The van der Waals surface area contributed by atoms with Gasteiger partial charge < -0.3 is 9.40 Å². The number of furan rings is 1. The molecule has 0 saturated heterocycles. The number of fused-ring (bicyclic) bond motifs is 1. The first-order valence-corrected chi connectivity index (χ1v) is 5.83. The number of rotatable bonds is 1. The van der Waals surface area contributed by atoms with Crippen LogP contribution in [-0.4, -0.2) is 4.98 Å². The standard InChI is InChI=1S/C15H13NO2/c1-9-3-4-13-11(5-9)7-14(18-13)12-6-10(2)15(17)16-8-12/h3-8H,1-2H3,(H,16,17). The molecule has 2 heterocycles. The minimum atomic E-state index is -0.0642. The molecule has 1 aromatic carbocycles. The highest BCUT2D eigenvalue weighted by atomic mass is 16.3. The summed E-state index contributed by atoms with van der Waals surface area (Å²) in [6.07, 6.45) is 1.68. The average Bonchev–Trinajstić information content (AvgIpc) is 2.75. The molecule has 18 heavy (non-hydrogen) atoms. The fourth-order valence-corrected chi connectivity index (χ4v) is 2.04. The highest BCUT2D eigenvalue weighted by Crippen LogP contribution is 2.27. The van der Waals surface area contributed by atoms with E-state index in [0.717, 1.165) is 22.3 Å². The summed E-state index contributed by atoms with van der Waals surface area (Å²) in [5.41, 5.74) is 3.57. The Morgan fingerprint density at radius 1 is 1.11 bits per heavy atom. The predicted octanol–water partition coefficient (Wildman–Crippen LogP) is 3.40. The molecule has 0 radical (unpaired) electrons. The first kappa shape index (κ1) is 10.8. The molecule has 0 aliphatic carbocycles. The van der Waals surface area contributed by atoms with Crippen molar-refractivity contribution < 1.29 is 4.42 Å². The number of aromatic nitrogens is 1. The maximum absolute atomic E-state index is 11.3. The maximum Gasteiger partial charge on any atom is 0.250 e. The van der Waals surface area contributed by atoms with Crippen molar-refractivity contribution in [3.63, 3.8) is 0 Å². The van der Waals surface area contributed by atoms with Gasteiger partial charge in [-0.05, 0) is 38.1 Å². The summed E-state index contributed by atoms with van der Waals surface area (Å²) in [7, 11) is 0. The molecule has 0 spiro atoms. The van der Waals surface area contributed by atoms with Crippen molar-refractivity contribution in [3.05, 3.63) is 58.0 Å². The number of hydrogen-bond acceptors (Lipinski definition) is 2. The van der Waals surface area contributed by atoms with Crippen LogP contribution < -0.4 is 5.56 Å². The van der Waals surface area contributed by atoms with E-state index in [9.17, 15) is 4.79 Å². The number of aryl methyl sites for hydroxylation is 2. The first-order chi connectivity index (χ1) is 8.63. The molecule has 0 unspecified atom stereocenters. The molecule has 0 saturated carbocycles. The maximum atomic E-state index is 11.3. The zero-order valence-corrected chi connectivity index (χ0v) is 10.3.